The molecule has 2 aliphatic rings. The van der Waals surface area contributed by atoms with E-state index >= 15 is 0 Å². The molecule has 0 atom stereocenters. The molecule has 0 radical (unpaired) electrons. The number of rotatable bonds is 5. The SMILES string of the molecule is NS(=O)(=O)c1cc(C(=O)NCC2CC2)n(C2CCCC2)c1. The van der Waals surface area contributed by atoms with Crippen molar-refractivity contribution in [3.8, 4) is 0 Å². The van der Waals surface area contributed by atoms with E-state index in [-0.39, 0.29) is 16.8 Å². The Morgan fingerprint density at radius 2 is 1.95 bits per heavy atom. The lowest BCUT2D eigenvalue weighted by molar-refractivity contribution is 0.0940. The fourth-order valence-electron chi connectivity index (χ4n) is 2.93. The number of primary sulfonamides is 1. The number of sulfonamides is 1. The highest BCUT2D eigenvalue weighted by Crippen LogP contribution is 2.32. The maximum Gasteiger partial charge on any atom is 0.267 e. The summed E-state index contributed by atoms with van der Waals surface area (Å²) in [6.45, 7) is 0.666. The van der Waals surface area contributed by atoms with Crippen molar-refractivity contribution >= 4 is 15.9 Å². The van der Waals surface area contributed by atoms with E-state index in [0.29, 0.717) is 18.2 Å². The van der Waals surface area contributed by atoms with Crippen molar-refractivity contribution in [3.63, 3.8) is 0 Å². The van der Waals surface area contributed by atoms with Gasteiger partial charge in [0.2, 0.25) is 10.0 Å². The minimum atomic E-state index is -3.79. The van der Waals surface area contributed by atoms with Gasteiger partial charge in [-0.3, -0.25) is 4.79 Å². The summed E-state index contributed by atoms with van der Waals surface area (Å²) in [7, 11) is -3.79. The minimum absolute atomic E-state index is 0.0194. The molecule has 0 aliphatic heterocycles. The third-order valence-electron chi connectivity index (χ3n) is 4.35. The Bertz CT molecular complexity index is 640. The first-order valence-electron chi connectivity index (χ1n) is 7.48. The van der Waals surface area contributed by atoms with E-state index in [2.05, 4.69) is 5.32 Å². The average molecular weight is 311 g/mol. The van der Waals surface area contributed by atoms with Gasteiger partial charge < -0.3 is 9.88 Å². The van der Waals surface area contributed by atoms with Crippen LogP contribution in [0.1, 0.15) is 55.1 Å². The fraction of sp³-hybridized carbons (Fsp3) is 0.643. The molecular formula is C14H21N3O3S. The smallest absolute Gasteiger partial charge is 0.267 e. The van der Waals surface area contributed by atoms with E-state index in [1.807, 2.05) is 0 Å². The number of amides is 1. The van der Waals surface area contributed by atoms with E-state index in [0.717, 1.165) is 38.5 Å². The zero-order valence-corrected chi connectivity index (χ0v) is 12.7. The second-order valence-corrected chi connectivity index (χ2v) is 7.67. The molecule has 0 unspecified atom stereocenters. The number of hydrogen-bond acceptors (Lipinski definition) is 3. The van der Waals surface area contributed by atoms with E-state index in [1.165, 1.54) is 12.3 Å². The van der Waals surface area contributed by atoms with Crippen LogP contribution in [0.15, 0.2) is 17.2 Å². The molecule has 116 valence electrons. The van der Waals surface area contributed by atoms with Crippen LogP contribution >= 0.6 is 0 Å². The van der Waals surface area contributed by atoms with Crippen LogP contribution < -0.4 is 10.5 Å². The first-order valence-corrected chi connectivity index (χ1v) is 9.02. The van der Waals surface area contributed by atoms with Crippen molar-refractivity contribution in [3.05, 3.63) is 18.0 Å². The lowest BCUT2D eigenvalue weighted by atomic mass is 10.2. The normalized spacial score (nSPS) is 19.9. The predicted octanol–water partition coefficient (Wildman–Crippen LogP) is 1.39. The molecule has 7 heteroatoms. The molecule has 1 amide bonds. The van der Waals surface area contributed by atoms with E-state index in [4.69, 9.17) is 5.14 Å². The Balaban J connectivity index is 1.87. The van der Waals surface area contributed by atoms with Gasteiger partial charge in [0.1, 0.15) is 10.6 Å². The summed E-state index contributed by atoms with van der Waals surface area (Å²) >= 11 is 0. The molecule has 2 fully saturated rings. The Kier molecular flexibility index (Phi) is 3.79. The Labute approximate surface area is 124 Å². The molecule has 3 rings (SSSR count). The van der Waals surface area contributed by atoms with Crippen molar-refractivity contribution in [2.24, 2.45) is 11.1 Å². The Hall–Kier alpha value is -1.34. The van der Waals surface area contributed by atoms with Gasteiger partial charge in [-0.15, -0.1) is 0 Å². The highest BCUT2D eigenvalue weighted by atomic mass is 32.2. The summed E-state index contributed by atoms with van der Waals surface area (Å²) in [6, 6.07) is 1.60. The van der Waals surface area contributed by atoms with Crippen LogP contribution in [0.2, 0.25) is 0 Å². The molecule has 2 saturated carbocycles. The van der Waals surface area contributed by atoms with Crippen LogP contribution in [0, 0.1) is 5.92 Å². The number of nitrogens with zero attached hydrogens (tertiary/aromatic N) is 1. The van der Waals surface area contributed by atoms with E-state index in [9.17, 15) is 13.2 Å². The predicted molar refractivity (Wildman–Crippen MR) is 78.4 cm³/mol. The number of nitrogens with one attached hydrogen (secondary N) is 1. The first-order chi connectivity index (χ1) is 9.95. The Morgan fingerprint density at radius 1 is 1.29 bits per heavy atom. The minimum Gasteiger partial charge on any atom is -0.350 e. The van der Waals surface area contributed by atoms with Crippen molar-refractivity contribution < 1.29 is 13.2 Å². The van der Waals surface area contributed by atoms with Gasteiger partial charge in [-0.2, -0.15) is 0 Å². The number of carbonyl (C=O) groups is 1. The Morgan fingerprint density at radius 3 is 2.52 bits per heavy atom. The second kappa shape index (κ2) is 5.46. The molecule has 21 heavy (non-hydrogen) atoms. The van der Waals surface area contributed by atoms with Gasteiger partial charge in [-0.1, -0.05) is 12.8 Å². The van der Waals surface area contributed by atoms with Crippen LogP contribution in [-0.4, -0.2) is 25.4 Å². The van der Waals surface area contributed by atoms with Crippen LogP contribution in [0.4, 0.5) is 0 Å². The summed E-state index contributed by atoms with van der Waals surface area (Å²) in [4.78, 5) is 12.3. The molecule has 1 aromatic rings. The number of aromatic nitrogens is 1. The van der Waals surface area contributed by atoms with Crippen molar-refractivity contribution in [1.82, 2.24) is 9.88 Å². The third-order valence-corrected chi connectivity index (χ3v) is 5.23. The maximum atomic E-state index is 12.3. The number of carbonyl (C=O) groups excluding carboxylic acids is 1. The monoisotopic (exact) mass is 311 g/mol. The maximum absolute atomic E-state index is 12.3. The summed E-state index contributed by atoms with van der Waals surface area (Å²) in [5.74, 6) is 0.380. The molecular weight excluding hydrogens is 290 g/mol. The zero-order chi connectivity index (χ0) is 15.0. The summed E-state index contributed by atoms with van der Waals surface area (Å²) in [5, 5.41) is 8.09. The highest BCUT2D eigenvalue weighted by molar-refractivity contribution is 7.89. The topological polar surface area (TPSA) is 94.2 Å². The van der Waals surface area contributed by atoms with E-state index in [1.54, 1.807) is 4.57 Å². The molecule has 0 saturated heterocycles. The third kappa shape index (κ3) is 3.29. The average Bonchev–Trinajstić information content (AvgIpc) is 2.92. The van der Waals surface area contributed by atoms with Gasteiger partial charge in [0.05, 0.1) is 0 Å². The van der Waals surface area contributed by atoms with Crippen LogP contribution in [0.3, 0.4) is 0 Å². The van der Waals surface area contributed by atoms with Gasteiger partial charge in [-0.25, -0.2) is 13.6 Å². The van der Waals surface area contributed by atoms with Crippen LogP contribution in [0.25, 0.3) is 0 Å². The van der Waals surface area contributed by atoms with Crippen molar-refractivity contribution in [1.29, 1.82) is 0 Å². The molecule has 6 nitrogen and oxygen atoms in total. The molecule has 0 spiro atoms. The standard InChI is InChI=1S/C14H21N3O3S/c15-21(19,20)12-7-13(14(18)16-8-10-5-6-10)17(9-12)11-3-1-2-4-11/h7,9-11H,1-6,8H2,(H,16,18)(H2,15,19,20). The molecule has 1 heterocycles. The zero-order valence-electron chi connectivity index (χ0n) is 11.9. The summed E-state index contributed by atoms with van der Waals surface area (Å²) < 4.78 is 24.9. The van der Waals surface area contributed by atoms with Crippen molar-refractivity contribution in [2.75, 3.05) is 6.54 Å². The quantitative estimate of drug-likeness (QED) is 0.860. The highest BCUT2D eigenvalue weighted by Gasteiger charge is 2.27. The van der Waals surface area contributed by atoms with Gasteiger partial charge in [0, 0.05) is 18.8 Å². The van der Waals surface area contributed by atoms with E-state index < -0.39 is 10.0 Å². The van der Waals surface area contributed by atoms with Gasteiger partial charge in [0.15, 0.2) is 0 Å². The largest absolute Gasteiger partial charge is 0.350 e. The molecule has 3 N–H and O–H groups in total. The molecule has 0 bridgehead atoms. The van der Waals surface area contributed by atoms with Crippen LogP contribution in [-0.2, 0) is 10.0 Å². The first kappa shape index (κ1) is 14.6. The fourth-order valence-corrected chi connectivity index (χ4v) is 3.46. The number of nitrogens with two attached hydrogens (primary N) is 1. The lowest BCUT2D eigenvalue weighted by Gasteiger charge is -2.15. The van der Waals surface area contributed by atoms with Gasteiger partial charge in [0.25, 0.3) is 5.91 Å². The van der Waals surface area contributed by atoms with Gasteiger partial charge in [-0.05, 0) is 37.7 Å². The summed E-state index contributed by atoms with van der Waals surface area (Å²) in [6.07, 6.45) is 7.99. The van der Waals surface area contributed by atoms with Crippen molar-refractivity contribution in [2.45, 2.75) is 49.5 Å². The molecule has 0 aromatic carbocycles. The molecule has 2 aliphatic carbocycles. The molecule has 1 aromatic heterocycles. The summed E-state index contributed by atoms with van der Waals surface area (Å²) in [5.41, 5.74) is 0.409. The van der Waals surface area contributed by atoms with Gasteiger partial charge >= 0.3 is 0 Å². The van der Waals surface area contributed by atoms with Crippen LogP contribution in [0.5, 0.6) is 0 Å². The lowest BCUT2D eigenvalue weighted by Crippen LogP contribution is -2.28. The number of hydrogen-bond donors (Lipinski definition) is 2. The second-order valence-electron chi connectivity index (χ2n) is 6.11.